The highest BCUT2D eigenvalue weighted by Crippen LogP contribution is 2.21. The zero-order valence-corrected chi connectivity index (χ0v) is 11.6. The van der Waals surface area contributed by atoms with Crippen molar-refractivity contribution in [3.8, 4) is 0 Å². The van der Waals surface area contributed by atoms with Crippen LogP contribution in [0.2, 0.25) is 0 Å². The van der Waals surface area contributed by atoms with Gasteiger partial charge in [0.25, 0.3) is 0 Å². The maximum Gasteiger partial charge on any atom is 0.325 e. The van der Waals surface area contributed by atoms with Crippen molar-refractivity contribution in [1.29, 1.82) is 0 Å². The molecule has 0 saturated heterocycles. The fraction of sp³-hybridized carbons (Fsp3) is 0.333. The van der Waals surface area contributed by atoms with E-state index < -0.39 is 12.0 Å². The van der Waals surface area contributed by atoms with Crippen LogP contribution in [-0.2, 0) is 22.6 Å². The van der Waals surface area contributed by atoms with Crippen LogP contribution in [0.5, 0.6) is 0 Å². The minimum absolute atomic E-state index is 0.186. The number of nitrogens with one attached hydrogen (secondary N) is 1. The number of para-hydroxylation sites is 1. The molecule has 2 aromatic rings. The van der Waals surface area contributed by atoms with Gasteiger partial charge < -0.3 is 15.0 Å². The number of rotatable bonds is 5. The van der Waals surface area contributed by atoms with Crippen molar-refractivity contribution < 1.29 is 14.7 Å². The lowest BCUT2D eigenvalue weighted by Crippen LogP contribution is -2.39. The van der Waals surface area contributed by atoms with Crippen molar-refractivity contribution in [1.82, 2.24) is 9.88 Å². The summed E-state index contributed by atoms with van der Waals surface area (Å²) in [6.45, 7) is 4.33. The number of fused-ring (bicyclic) bond motifs is 1. The van der Waals surface area contributed by atoms with Gasteiger partial charge in [-0.25, -0.2) is 0 Å². The van der Waals surface area contributed by atoms with Crippen LogP contribution in [0.25, 0.3) is 10.9 Å². The Bertz CT molecular complexity index is 646. The fourth-order valence-corrected chi connectivity index (χ4v) is 2.25. The molecule has 0 radical (unpaired) electrons. The lowest BCUT2D eigenvalue weighted by atomic mass is 10.1. The van der Waals surface area contributed by atoms with Crippen LogP contribution in [-0.4, -0.2) is 27.6 Å². The first kappa shape index (κ1) is 14.1. The van der Waals surface area contributed by atoms with E-state index in [4.69, 9.17) is 5.11 Å². The maximum atomic E-state index is 11.9. The van der Waals surface area contributed by atoms with Gasteiger partial charge in [0, 0.05) is 23.6 Å². The Morgan fingerprint density at radius 3 is 2.70 bits per heavy atom. The first-order valence-electron chi connectivity index (χ1n) is 6.61. The number of hydrogen-bond donors (Lipinski definition) is 2. The molecular formula is C15H18N2O3. The van der Waals surface area contributed by atoms with Crippen LogP contribution in [0.4, 0.5) is 0 Å². The molecule has 0 aliphatic carbocycles. The van der Waals surface area contributed by atoms with Gasteiger partial charge in [0.05, 0.1) is 6.42 Å². The van der Waals surface area contributed by atoms with Crippen LogP contribution < -0.4 is 5.32 Å². The molecule has 0 bridgehead atoms. The highest BCUT2D eigenvalue weighted by Gasteiger charge is 2.16. The van der Waals surface area contributed by atoms with Gasteiger partial charge in [-0.15, -0.1) is 0 Å². The molecule has 0 aliphatic rings. The Morgan fingerprint density at radius 2 is 2.05 bits per heavy atom. The lowest BCUT2D eigenvalue weighted by molar-refractivity contribution is -0.141. The Kier molecular flexibility index (Phi) is 4.08. The van der Waals surface area contributed by atoms with Gasteiger partial charge in [-0.05, 0) is 25.5 Å². The van der Waals surface area contributed by atoms with Gasteiger partial charge in [0.2, 0.25) is 5.91 Å². The van der Waals surface area contributed by atoms with E-state index in [2.05, 4.69) is 9.88 Å². The minimum Gasteiger partial charge on any atom is -0.480 e. The van der Waals surface area contributed by atoms with Crippen molar-refractivity contribution in [2.24, 2.45) is 0 Å². The molecule has 106 valence electrons. The van der Waals surface area contributed by atoms with Crippen molar-refractivity contribution in [3.05, 3.63) is 36.0 Å². The standard InChI is InChI=1S/C15H18N2O3/c1-3-17-9-11(12-6-4-5-7-13(12)17)8-14(18)16-10(2)15(19)20/h4-7,9-10H,3,8H2,1-2H3,(H,16,18)(H,19,20)/t10-/m1/s1. The van der Waals surface area contributed by atoms with Crippen molar-refractivity contribution in [3.63, 3.8) is 0 Å². The quantitative estimate of drug-likeness (QED) is 0.873. The Morgan fingerprint density at radius 1 is 1.35 bits per heavy atom. The fourth-order valence-electron chi connectivity index (χ4n) is 2.25. The lowest BCUT2D eigenvalue weighted by Gasteiger charge is -2.08. The van der Waals surface area contributed by atoms with E-state index in [0.29, 0.717) is 0 Å². The highest BCUT2D eigenvalue weighted by molar-refractivity contribution is 5.90. The normalized spacial score (nSPS) is 12.3. The number of carbonyl (C=O) groups is 2. The summed E-state index contributed by atoms with van der Waals surface area (Å²) in [5, 5.41) is 12.3. The third-order valence-corrected chi connectivity index (χ3v) is 3.31. The molecule has 1 heterocycles. The molecule has 2 rings (SSSR count). The largest absolute Gasteiger partial charge is 0.480 e. The first-order valence-corrected chi connectivity index (χ1v) is 6.61. The number of aryl methyl sites for hydroxylation is 1. The number of amides is 1. The number of carbonyl (C=O) groups excluding carboxylic acids is 1. The number of benzene rings is 1. The summed E-state index contributed by atoms with van der Waals surface area (Å²) in [5.41, 5.74) is 2.00. The summed E-state index contributed by atoms with van der Waals surface area (Å²) < 4.78 is 2.08. The monoisotopic (exact) mass is 274 g/mol. The molecule has 2 N–H and O–H groups in total. The topological polar surface area (TPSA) is 71.3 Å². The number of hydrogen-bond acceptors (Lipinski definition) is 2. The zero-order valence-electron chi connectivity index (χ0n) is 11.6. The van der Waals surface area contributed by atoms with Gasteiger partial charge in [-0.3, -0.25) is 9.59 Å². The number of aliphatic carboxylic acids is 1. The molecule has 0 saturated carbocycles. The predicted molar refractivity (Wildman–Crippen MR) is 76.6 cm³/mol. The molecule has 0 spiro atoms. The van der Waals surface area contributed by atoms with E-state index in [1.807, 2.05) is 37.4 Å². The molecule has 1 aromatic carbocycles. The highest BCUT2D eigenvalue weighted by atomic mass is 16.4. The molecule has 0 aliphatic heterocycles. The Labute approximate surface area is 117 Å². The van der Waals surface area contributed by atoms with Gasteiger partial charge >= 0.3 is 5.97 Å². The maximum absolute atomic E-state index is 11.9. The molecule has 1 atom stereocenters. The van der Waals surface area contributed by atoms with Gasteiger partial charge in [-0.1, -0.05) is 18.2 Å². The SMILES string of the molecule is CCn1cc(CC(=O)N[C@H](C)C(=O)O)c2ccccc21. The first-order chi connectivity index (χ1) is 9.52. The predicted octanol–water partition coefficient (Wildman–Crippen LogP) is 1.79. The van der Waals surface area contributed by atoms with E-state index in [0.717, 1.165) is 23.0 Å². The number of nitrogens with zero attached hydrogens (tertiary/aromatic N) is 1. The molecule has 1 aromatic heterocycles. The van der Waals surface area contributed by atoms with Crippen molar-refractivity contribution in [2.45, 2.75) is 32.9 Å². The third-order valence-electron chi connectivity index (χ3n) is 3.31. The van der Waals surface area contributed by atoms with E-state index in [9.17, 15) is 9.59 Å². The molecule has 5 nitrogen and oxygen atoms in total. The second-order valence-corrected chi connectivity index (χ2v) is 4.76. The van der Waals surface area contributed by atoms with E-state index >= 15 is 0 Å². The van der Waals surface area contributed by atoms with Crippen molar-refractivity contribution in [2.75, 3.05) is 0 Å². The van der Waals surface area contributed by atoms with Gasteiger partial charge in [0.1, 0.15) is 6.04 Å². The molecule has 1 amide bonds. The molecular weight excluding hydrogens is 256 g/mol. The average Bonchev–Trinajstić information content (AvgIpc) is 2.77. The summed E-state index contributed by atoms with van der Waals surface area (Å²) in [7, 11) is 0. The molecule has 5 heteroatoms. The molecule has 0 unspecified atom stereocenters. The number of carboxylic acid groups (broad SMARTS) is 1. The number of carboxylic acids is 1. The Hall–Kier alpha value is -2.30. The van der Waals surface area contributed by atoms with Crippen LogP contribution in [0.3, 0.4) is 0 Å². The Balaban J connectivity index is 2.21. The average molecular weight is 274 g/mol. The van der Waals surface area contributed by atoms with Gasteiger partial charge in [0.15, 0.2) is 0 Å². The van der Waals surface area contributed by atoms with Crippen LogP contribution in [0, 0.1) is 0 Å². The summed E-state index contributed by atoms with van der Waals surface area (Å²) >= 11 is 0. The van der Waals surface area contributed by atoms with Crippen LogP contribution >= 0.6 is 0 Å². The second kappa shape index (κ2) is 5.77. The molecule has 20 heavy (non-hydrogen) atoms. The van der Waals surface area contributed by atoms with E-state index in [1.165, 1.54) is 6.92 Å². The van der Waals surface area contributed by atoms with Gasteiger partial charge in [-0.2, -0.15) is 0 Å². The van der Waals surface area contributed by atoms with Crippen molar-refractivity contribution >= 4 is 22.8 Å². The second-order valence-electron chi connectivity index (χ2n) is 4.76. The summed E-state index contributed by atoms with van der Waals surface area (Å²) in [6.07, 6.45) is 2.14. The van der Waals surface area contributed by atoms with E-state index in [-0.39, 0.29) is 12.3 Å². The summed E-state index contributed by atoms with van der Waals surface area (Å²) in [4.78, 5) is 22.6. The zero-order chi connectivity index (χ0) is 14.7. The van der Waals surface area contributed by atoms with E-state index in [1.54, 1.807) is 0 Å². The smallest absolute Gasteiger partial charge is 0.325 e. The van der Waals surface area contributed by atoms with Crippen LogP contribution in [0.15, 0.2) is 30.5 Å². The molecule has 0 fully saturated rings. The van der Waals surface area contributed by atoms with Crippen LogP contribution in [0.1, 0.15) is 19.4 Å². The third kappa shape index (κ3) is 2.82. The summed E-state index contributed by atoms with van der Waals surface area (Å²) in [6, 6.07) is 7.02. The number of aromatic nitrogens is 1. The minimum atomic E-state index is -1.03. The summed E-state index contributed by atoms with van der Waals surface area (Å²) in [5.74, 6) is -1.31.